The third kappa shape index (κ3) is 5.20. The van der Waals surface area contributed by atoms with Gasteiger partial charge in [-0.3, -0.25) is 10.1 Å². The van der Waals surface area contributed by atoms with E-state index in [-0.39, 0.29) is 12.5 Å². The molecule has 1 aromatic heterocycles. The number of carbonyl (C=O) groups excluding carboxylic acids is 2. The van der Waals surface area contributed by atoms with Crippen LogP contribution in [0.5, 0.6) is 5.75 Å². The number of amides is 1. The van der Waals surface area contributed by atoms with Gasteiger partial charge in [0.05, 0.1) is 12.3 Å². The summed E-state index contributed by atoms with van der Waals surface area (Å²) in [5.41, 5.74) is 2.70. The summed E-state index contributed by atoms with van der Waals surface area (Å²) in [4.78, 5) is 28.9. The molecule has 2 aromatic carbocycles. The largest absolute Gasteiger partial charge is 0.481 e. The molecule has 0 saturated carbocycles. The summed E-state index contributed by atoms with van der Waals surface area (Å²) >= 11 is 1.09. The maximum absolute atomic E-state index is 12.4. The van der Waals surface area contributed by atoms with Gasteiger partial charge in [-0.15, -0.1) is 0 Å². The molecule has 1 amide bonds. The summed E-state index contributed by atoms with van der Waals surface area (Å²) in [5, 5.41) is 3.03. The number of nitrogens with one attached hydrogen (secondary N) is 1. The molecule has 0 saturated heterocycles. The SMILES string of the molecule is CCOC(=O)c1sc(NC(=O)C(C)Oc2ccc(-c3ccccc3)cc2)nc1C. The van der Waals surface area contributed by atoms with Crippen LogP contribution in [0.3, 0.4) is 0 Å². The Morgan fingerprint density at radius 2 is 1.72 bits per heavy atom. The number of nitrogens with zero attached hydrogens (tertiary/aromatic N) is 1. The van der Waals surface area contributed by atoms with Crippen molar-refractivity contribution in [3.05, 3.63) is 65.2 Å². The predicted molar refractivity (Wildman–Crippen MR) is 113 cm³/mol. The van der Waals surface area contributed by atoms with Crippen LogP contribution < -0.4 is 10.1 Å². The summed E-state index contributed by atoms with van der Waals surface area (Å²) in [6, 6.07) is 17.6. The van der Waals surface area contributed by atoms with Crippen molar-refractivity contribution in [3.63, 3.8) is 0 Å². The van der Waals surface area contributed by atoms with E-state index in [0.717, 1.165) is 22.5 Å². The second-order valence-electron chi connectivity index (χ2n) is 6.29. The number of hydrogen-bond donors (Lipinski definition) is 1. The summed E-state index contributed by atoms with van der Waals surface area (Å²) in [6.45, 7) is 5.38. The van der Waals surface area contributed by atoms with E-state index in [1.54, 1.807) is 20.8 Å². The monoisotopic (exact) mass is 410 g/mol. The molecule has 6 nitrogen and oxygen atoms in total. The molecule has 0 fully saturated rings. The first-order valence-corrected chi connectivity index (χ1v) is 10.1. The third-order valence-corrected chi connectivity index (χ3v) is 5.18. The lowest BCUT2D eigenvalue weighted by Gasteiger charge is -2.14. The van der Waals surface area contributed by atoms with Gasteiger partial charge in [-0.2, -0.15) is 0 Å². The van der Waals surface area contributed by atoms with Crippen molar-refractivity contribution >= 4 is 28.3 Å². The van der Waals surface area contributed by atoms with Gasteiger partial charge in [0.25, 0.3) is 5.91 Å². The Kier molecular flexibility index (Phi) is 6.61. The fourth-order valence-corrected chi connectivity index (χ4v) is 3.52. The van der Waals surface area contributed by atoms with E-state index in [4.69, 9.17) is 9.47 Å². The Labute approximate surface area is 173 Å². The average molecular weight is 410 g/mol. The van der Waals surface area contributed by atoms with Crippen LogP contribution in [0.2, 0.25) is 0 Å². The van der Waals surface area contributed by atoms with E-state index in [9.17, 15) is 9.59 Å². The van der Waals surface area contributed by atoms with E-state index in [1.807, 2.05) is 54.6 Å². The number of aryl methyl sites for hydroxylation is 1. The smallest absolute Gasteiger partial charge is 0.350 e. The Morgan fingerprint density at radius 3 is 2.38 bits per heavy atom. The predicted octanol–water partition coefficient (Wildman–Crippen LogP) is 4.70. The van der Waals surface area contributed by atoms with Gasteiger partial charge in [0.1, 0.15) is 10.6 Å². The number of esters is 1. The number of carbonyl (C=O) groups is 2. The molecule has 3 rings (SSSR count). The maximum Gasteiger partial charge on any atom is 0.350 e. The number of ether oxygens (including phenoxy) is 2. The van der Waals surface area contributed by atoms with Crippen molar-refractivity contribution in [2.45, 2.75) is 26.9 Å². The fourth-order valence-electron chi connectivity index (χ4n) is 2.66. The van der Waals surface area contributed by atoms with E-state index in [1.165, 1.54) is 0 Å². The van der Waals surface area contributed by atoms with Crippen molar-refractivity contribution in [3.8, 4) is 16.9 Å². The highest BCUT2D eigenvalue weighted by atomic mass is 32.1. The summed E-state index contributed by atoms with van der Waals surface area (Å²) < 4.78 is 10.7. The molecule has 0 bridgehead atoms. The van der Waals surface area contributed by atoms with Crippen molar-refractivity contribution < 1.29 is 19.1 Å². The zero-order valence-corrected chi connectivity index (χ0v) is 17.3. The molecule has 1 atom stereocenters. The van der Waals surface area contributed by atoms with Gasteiger partial charge in [0.15, 0.2) is 11.2 Å². The normalized spacial score (nSPS) is 11.6. The van der Waals surface area contributed by atoms with Gasteiger partial charge in [-0.05, 0) is 44.0 Å². The highest BCUT2D eigenvalue weighted by Gasteiger charge is 2.20. The minimum absolute atomic E-state index is 0.284. The molecule has 29 heavy (non-hydrogen) atoms. The van der Waals surface area contributed by atoms with Crippen LogP contribution in [0.25, 0.3) is 11.1 Å². The first kappa shape index (κ1) is 20.5. The van der Waals surface area contributed by atoms with Crippen LogP contribution in [0.4, 0.5) is 5.13 Å². The van der Waals surface area contributed by atoms with Gasteiger partial charge in [0, 0.05) is 0 Å². The quantitative estimate of drug-likeness (QED) is 0.571. The number of thiazole rings is 1. The standard InChI is InChI=1S/C22H22N2O4S/c1-4-27-21(26)19-14(2)23-22(29-19)24-20(25)15(3)28-18-12-10-17(11-13-18)16-8-6-5-7-9-16/h5-13,15H,4H2,1-3H3,(H,23,24,25). The Bertz CT molecular complexity index is 984. The van der Waals surface area contributed by atoms with Crippen molar-refractivity contribution in [1.29, 1.82) is 0 Å². The highest BCUT2D eigenvalue weighted by Crippen LogP contribution is 2.25. The van der Waals surface area contributed by atoms with Crippen LogP contribution in [-0.4, -0.2) is 29.6 Å². The molecule has 1 unspecified atom stereocenters. The first-order chi connectivity index (χ1) is 14.0. The van der Waals surface area contributed by atoms with Crippen LogP contribution in [0, 0.1) is 6.92 Å². The summed E-state index contributed by atoms with van der Waals surface area (Å²) in [5.74, 6) is -0.193. The molecule has 0 spiro atoms. The molecule has 3 aromatic rings. The van der Waals surface area contributed by atoms with Gasteiger partial charge in [0.2, 0.25) is 0 Å². The molecule has 0 aliphatic rings. The van der Waals surface area contributed by atoms with Crippen molar-refractivity contribution in [1.82, 2.24) is 4.98 Å². The van der Waals surface area contributed by atoms with Crippen molar-refractivity contribution in [2.75, 3.05) is 11.9 Å². The molecule has 0 radical (unpaired) electrons. The lowest BCUT2D eigenvalue weighted by Crippen LogP contribution is -2.30. The zero-order chi connectivity index (χ0) is 20.8. The third-order valence-electron chi connectivity index (χ3n) is 4.13. The number of rotatable bonds is 7. The van der Waals surface area contributed by atoms with Crippen LogP contribution in [0.15, 0.2) is 54.6 Å². The molecule has 1 heterocycles. The molecule has 7 heteroatoms. The minimum Gasteiger partial charge on any atom is -0.481 e. The zero-order valence-electron chi connectivity index (χ0n) is 16.5. The lowest BCUT2D eigenvalue weighted by atomic mass is 10.1. The molecular formula is C22H22N2O4S. The number of hydrogen-bond acceptors (Lipinski definition) is 6. The van der Waals surface area contributed by atoms with Crippen LogP contribution >= 0.6 is 11.3 Å². The van der Waals surface area contributed by atoms with Gasteiger partial charge >= 0.3 is 5.97 Å². The van der Waals surface area contributed by atoms with Crippen LogP contribution in [-0.2, 0) is 9.53 Å². The molecule has 1 N–H and O–H groups in total. The summed E-state index contributed by atoms with van der Waals surface area (Å²) in [7, 11) is 0. The van der Waals surface area contributed by atoms with E-state index in [0.29, 0.717) is 21.5 Å². The molecular weight excluding hydrogens is 388 g/mol. The number of anilines is 1. The fraction of sp³-hybridized carbons (Fsp3) is 0.227. The Morgan fingerprint density at radius 1 is 1.07 bits per heavy atom. The van der Waals surface area contributed by atoms with Crippen LogP contribution in [0.1, 0.15) is 29.2 Å². The Balaban J connectivity index is 1.61. The second kappa shape index (κ2) is 9.34. The van der Waals surface area contributed by atoms with Crippen molar-refractivity contribution in [2.24, 2.45) is 0 Å². The summed E-state index contributed by atoms with van der Waals surface area (Å²) in [6.07, 6.45) is -0.729. The highest BCUT2D eigenvalue weighted by molar-refractivity contribution is 7.17. The van der Waals surface area contributed by atoms with E-state index >= 15 is 0 Å². The minimum atomic E-state index is -0.729. The molecule has 150 valence electrons. The maximum atomic E-state index is 12.4. The van der Waals surface area contributed by atoms with E-state index < -0.39 is 12.1 Å². The number of benzene rings is 2. The van der Waals surface area contributed by atoms with Gasteiger partial charge in [-0.1, -0.05) is 53.8 Å². The average Bonchev–Trinajstić information content (AvgIpc) is 3.09. The van der Waals surface area contributed by atoms with Gasteiger partial charge in [-0.25, -0.2) is 9.78 Å². The lowest BCUT2D eigenvalue weighted by molar-refractivity contribution is -0.122. The molecule has 0 aliphatic carbocycles. The van der Waals surface area contributed by atoms with Gasteiger partial charge < -0.3 is 9.47 Å². The first-order valence-electron chi connectivity index (χ1n) is 9.25. The van der Waals surface area contributed by atoms with E-state index in [2.05, 4.69) is 10.3 Å². The topological polar surface area (TPSA) is 77.5 Å². The Hall–Kier alpha value is -3.19. The molecule has 0 aliphatic heterocycles. The number of aromatic nitrogens is 1. The second-order valence-corrected chi connectivity index (χ2v) is 7.29.